The molecule has 0 saturated heterocycles. The maximum atomic E-state index is 12.1. The smallest absolute Gasteiger partial charge is 0.238 e. The van der Waals surface area contributed by atoms with Crippen molar-refractivity contribution >= 4 is 23.2 Å². The zero-order chi connectivity index (χ0) is 19.2. The molecule has 2 saturated carbocycles. The highest BCUT2D eigenvalue weighted by Gasteiger charge is 2.40. The van der Waals surface area contributed by atoms with E-state index in [4.69, 9.17) is 21.7 Å². The summed E-state index contributed by atoms with van der Waals surface area (Å²) in [6.45, 7) is 0.656. The second kappa shape index (κ2) is 9.26. The zero-order valence-corrected chi connectivity index (χ0v) is 16.9. The molecule has 0 unspecified atom stereocenters. The van der Waals surface area contributed by atoms with Crippen molar-refractivity contribution in [3.8, 4) is 11.5 Å². The molecule has 1 amide bonds. The first-order valence-corrected chi connectivity index (χ1v) is 10.0. The van der Waals surface area contributed by atoms with Gasteiger partial charge >= 0.3 is 0 Å². The number of methoxy groups -OCH3 is 2. The van der Waals surface area contributed by atoms with Crippen molar-refractivity contribution in [1.29, 1.82) is 0 Å². The number of carbonyl (C=O) groups is 1. The Balaban J connectivity index is 1.33. The summed E-state index contributed by atoms with van der Waals surface area (Å²) in [5.74, 6) is 3.62. The Labute approximate surface area is 166 Å². The third-order valence-corrected chi connectivity index (χ3v) is 6.04. The van der Waals surface area contributed by atoms with Gasteiger partial charge in [-0.3, -0.25) is 15.6 Å². The first-order valence-electron chi connectivity index (χ1n) is 9.62. The minimum absolute atomic E-state index is 0.0246. The van der Waals surface area contributed by atoms with Crippen LogP contribution in [0.1, 0.15) is 37.7 Å². The van der Waals surface area contributed by atoms with Crippen LogP contribution in [0, 0.1) is 17.8 Å². The van der Waals surface area contributed by atoms with E-state index in [1.54, 1.807) is 14.2 Å². The SMILES string of the molecule is COc1ccc(CCNC(=S)NNC(=O)C[C@@H]2C[C@@H]3CC[C@@H]2C3)cc1OC. The lowest BCUT2D eigenvalue weighted by Gasteiger charge is -2.21. The van der Waals surface area contributed by atoms with Crippen LogP contribution < -0.4 is 25.6 Å². The van der Waals surface area contributed by atoms with Crippen LogP contribution >= 0.6 is 12.2 Å². The molecule has 0 aromatic heterocycles. The van der Waals surface area contributed by atoms with Crippen molar-refractivity contribution < 1.29 is 14.3 Å². The number of hydrogen-bond acceptors (Lipinski definition) is 4. The number of carbonyl (C=O) groups excluding carboxylic acids is 1. The van der Waals surface area contributed by atoms with Gasteiger partial charge in [0.2, 0.25) is 5.91 Å². The summed E-state index contributed by atoms with van der Waals surface area (Å²) in [5, 5.41) is 3.53. The quantitative estimate of drug-likeness (QED) is 0.490. The Hall–Kier alpha value is -2.02. The molecule has 3 rings (SSSR count). The van der Waals surface area contributed by atoms with Crippen LogP contribution in [0.2, 0.25) is 0 Å². The highest BCUT2D eigenvalue weighted by atomic mass is 32.1. The Kier molecular flexibility index (Phi) is 6.77. The van der Waals surface area contributed by atoms with Crippen molar-refractivity contribution in [2.45, 2.75) is 38.5 Å². The molecule has 2 aliphatic rings. The predicted octanol–water partition coefficient (Wildman–Crippen LogP) is 2.57. The fraction of sp³-hybridized carbons (Fsp3) is 0.600. The summed E-state index contributed by atoms with van der Waals surface area (Å²) in [6.07, 6.45) is 6.57. The summed E-state index contributed by atoms with van der Waals surface area (Å²) < 4.78 is 10.6. The van der Waals surface area contributed by atoms with Gasteiger partial charge in [-0.1, -0.05) is 12.5 Å². The van der Waals surface area contributed by atoms with E-state index in [0.29, 0.717) is 35.5 Å². The Morgan fingerprint density at radius 3 is 2.63 bits per heavy atom. The monoisotopic (exact) mass is 391 g/mol. The van der Waals surface area contributed by atoms with E-state index in [0.717, 1.165) is 23.8 Å². The number of nitrogens with one attached hydrogen (secondary N) is 3. The topological polar surface area (TPSA) is 71.6 Å². The van der Waals surface area contributed by atoms with Gasteiger partial charge in [-0.2, -0.15) is 0 Å². The summed E-state index contributed by atoms with van der Waals surface area (Å²) in [6, 6.07) is 5.84. The lowest BCUT2D eigenvalue weighted by atomic mass is 9.86. The average molecular weight is 392 g/mol. The Bertz CT molecular complexity index is 682. The number of ether oxygens (including phenoxy) is 2. The summed E-state index contributed by atoms with van der Waals surface area (Å²) in [4.78, 5) is 12.1. The molecule has 1 aromatic rings. The number of hydrogen-bond donors (Lipinski definition) is 3. The van der Waals surface area contributed by atoms with E-state index in [-0.39, 0.29) is 5.91 Å². The highest BCUT2D eigenvalue weighted by Crippen LogP contribution is 2.49. The van der Waals surface area contributed by atoms with E-state index < -0.39 is 0 Å². The minimum atomic E-state index is 0.0246. The fourth-order valence-electron chi connectivity index (χ4n) is 4.44. The number of fused-ring (bicyclic) bond motifs is 2. The van der Waals surface area contributed by atoms with Crippen LogP contribution in [0.3, 0.4) is 0 Å². The maximum Gasteiger partial charge on any atom is 0.238 e. The molecule has 2 fully saturated rings. The first-order chi connectivity index (χ1) is 13.1. The first kappa shape index (κ1) is 19.7. The molecular weight excluding hydrogens is 362 g/mol. The van der Waals surface area contributed by atoms with Gasteiger partial charge in [0.05, 0.1) is 14.2 Å². The van der Waals surface area contributed by atoms with Gasteiger partial charge in [-0.15, -0.1) is 0 Å². The van der Waals surface area contributed by atoms with Gasteiger partial charge in [-0.25, -0.2) is 0 Å². The summed E-state index contributed by atoms with van der Waals surface area (Å²) in [7, 11) is 3.24. The van der Waals surface area contributed by atoms with Gasteiger partial charge in [-0.05, 0) is 73.4 Å². The average Bonchev–Trinajstić information content (AvgIpc) is 3.29. The van der Waals surface area contributed by atoms with Crippen LogP contribution in [0.15, 0.2) is 18.2 Å². The molecule has 0 radical (unpaired) electrons. The van der Waals surface area contributed by atoms with E-state index in [1.807, 2.05) is 18.2 Å². The van der Waals surface area contributed by atoms with Crippen LogP contribution in [-0.2, 0) is 11.2 Å². The number of hydrazine groups is 1. The van der Waals surface area contributed by atoms with Crippen molar-refractivity contribution in [1.82, 2.24) is 16.2 Å². The van der Waals surface area contributed by atoms with Crippen LogP contribution in [0.25, 0.3) is 0 Å². The number of benzene rings is 1. The molecule has 27 heavy (non-hydrogen) atoms. The summed E-state index contributed by atoms with van der Waals surface area (Å²) in [5.41, 5.74) is 6.64. The van der Waals surface area contributed by atoms with Crippen LogP contribution in [-0.4, -0.2) is 31.8 Å². The molecule has 0 aliphatic heterocycles. The molecule has 2 bridgehead atoms. The molecule has 0 spiro atoms. The van der Waals surface area contributed by atoms with Gasteiger partial charge < -0.3 is 14.8 Å². The van der Waals surface area contributed by atoms with Gasteiger partial charge in [0, 0.05) is 13.0 Å². The molecule has 3 atom stereocenters. The maximum absolute atomic E-state index is 12.1. The molecule has 2 aliphatic carbocycles. The zero-order valence-electron chi connectivity index (χ0n) is 16.0. The van der Waals surface area contributed by atoms with Gasteiger partial charge in [0.1, 0.15) is 0 Å². The second-order valence-electron chi connectivity index (χ2n) is 7.51. The van der Waals surface area contributed by atoms with Crippen molar-refractivity contribution in [2.75, 3.05) is 20.8 Å². The third kappa shape index (κ3) is 5.25. The summed E-state index contributed by atoms with van der Waals surface area (Å²) >= 11 is 5.23. The largest absolute Gasteiger partial charge is 0.493 e. The lowest BCUT2D eigenvalue weighted by molar-refractivity contribution is -0.122. The fourth-order valence-corrected chi connectivity index (χ4v) is 4.60. The standard InChI is InChI=1S/C20H29N3O3S/c1-25-17-6-4-13(11-18(17)26-2)7-8-21-20(27)23-22-19(24)12-16-10-14-3-5-15(16)9-14/h4,6,11,14-16H,3,5,7-10,12H2,1-2H3,(H,22,24)(H2,21,23,27)/t14-,15-,16+/m1/s1. The number of thiocarbonyl (C=S) groups is 1. The van der Waals surface area contributed by atoms with Gasteiger partial charge in [0.15, 0.2) is 16.6 Å². The molecule has 7 heteroatoms. The third-order valence-electron chi connectivity index (χ3n) is 5.79. The van der Waals surface area contributed by atoms with Crippen LogP contribution in [0.4, 0.5) is 0 Å². The molecule has 6 nitrogen and oxygen atoms in total. The van der Waals surface area contributed by atoms with Crippen molar-refractivity contribution in [3.63, 3.8) is 0 Å². The van der Waals surface area contributed by atoms with Crippen molar-refractivity contribution in [3.05, 3.63) is 23.8 Å². The highest BCUT2D eigenvalue weighted by molar-refractivity contribution is 7.80. The van der Waals surface area contributed by atoms with E-state index >= 15 is 0 Å². The van der Waals surface area contributed by atoms with Gasteiger partial charge in [0.25, 0.3) is 0 Å². The second-order valence-corrected chi connectivity index (χ2v) is 7.92. The van der Waals surface area contributed by atoms with Crippen LogP contribution in [0.5, 0.6) is 11.5 Å². The molecular formula is C20H29N3O3S. The molecule has 3 N–H and O–H groups in total. The molecule has 1 aromatic carbocycles. The molecule has 148 valence electrons. The Morgan fingerprint density at radius 1 is 1.15 bits per heavy atom. The van der Waals surface area contributed by atoms with Crippen molar-refractivity contribution in [2.24, 2.45) is 17.8 Å². The number of amides is 1. The van der Waals surface area contributed by atoms with E-state index in [2.05, 4.69) is 16.2 Å². The van der Waals surface area contributed by atoms with E-state index in [9.17, 15) is 4.79 Å². The Morgan fingerprint density at radius 2 is 1.96 bits per heavy atom. The number of rotatable bonds is 7. The lowest BCUT2D eigenvalue weighted by Crippen LogP contribution is -2.47. The predicted molar refractivity (Wildman–Crippen MR) is 109 cm³/mol. The molecule has 0 heterocycles. The van der Waals surface area contributed by atoms with E-state index in [1.165, 1.54) is 25.7 Å². The normalized spacial score (nSPS) is 23.0. The minimum Gasteiger partial charge on any atom is -0.493 e.